The molecule has 0 amide bonds. The van der Waals surface area contributed by atoms with E-state index in [0.29, 0.717) is 0 Å². The highest BCUT2D eigenvalue weighted by atomic mass is 28.3. The second-order valence-corrected chi connectivity index (χ2v) is 7.52. The van der Waals surface area contributed by atoms with Gasteiger partial charge in [-0.05, 0) is 0 Å². The van der Waals surface area contributed by atoms with Gasteiger partial charge in [-0.1, -0.05) is 90.9 Å². The molecule has 0 aliphatic carbocycles. The van der Waals surface area contributed by atoms with E-state index in [1.54, 1.807) is 21.3 Å². The summed E-state index contributed by atoms with van der Waals surface area (Å²) >= 11 is 0. The van der Waals surface area contributed by atoms with Crippen LogP contribution in [0.2, 0.25) is 0 Å². The summed E-state index contributed by atoms with van der Waals surface area (Å²) in [4.78, 5) is 0. The van der Waals surface area contributed by atoms with E-state index >= 15 is 0 Å². The van der Waals surface area contributed by atoms with E-state index in [-0.39, 0.29) is 0 Å². The monoisotopic (exact) mass is 320 g/mol. The van der Waals surface area contributed by atoms with Gasteiger partial charge in [0.1, 0.15) is 0 Å². The number of hydrogen-bond donors (Lipinski definition) is 0. The highest BCUT2D eigenvalue weighted by Crippen LogP contribution is 2.11. The molecule has 0 spiro atoms. The third kappa shape index (κ3) is 22.5. The third-order valence-corrected chi connectivity index (χ3v) is 4.69. The molecular weight excluding hydrogens is 280 g/mol. The van der Waals surface area contributed by atoms with Gasteiger partial charge in [-0.3, -0.25) is 0 Å². The van der Waals surface area contributed by atoms with Crippen LogP contribution in [-0.2, 0) is 13.3 Å². The predicted octanol–water partition coefficient (Wildman–Crippen LogP) is 5.35. The van der Waals surface area contributed by atoms with Gasteiger partial charge in [0.25, 0.3) is 0 Å². The zero-order valence-electron chi connectivity index (χ0n) is 15.3. The second-order valence-electron chi connectivity index (χ2n) is 5.53. The minimum absolute atomic E-state index is 1.37. The van der Waals surface area contributed by atoms with Crippen LogP contribution in [0.1, 0.15) is 90.9 Å². The maximum absolute atomic E-state index is 4.74. The molecule has 21 heavy (non-hydrogen) atoms. The highest BCUT2D eigenvalue weighted by molar-refractivity contribution is 6.36. The van der Waals surface area contributed by atoms with Gasteiger partial charge in [-0.25, -0.2) is 0 Å². The number of hydrogen-bond acceptors (Lipinski definition) is 3. The van der Waals surface area contributed by atoms with Gasteiger partial charge in [0.05, 0.1) is 0 Å². The van der Waals surface area contributed by atoms with Gasteiger partial charge in [-0.15, -0.1) is 0 Å². The summed E-state index contributed by atoms with van der Waals surface area (Å²) in [5, 5.41) is 0. The Bertz CT molecular complexity index is 147. The molecule has 0 aromatic carbocycles. The van der Waals surface area contributed by atoms with E-state index in [1.165, 1.54) is 77.0 Å². The minimum atomic E-state index is -1.67. The molecule has 0 radical (unpaired) electrons. The van der Waals surface area contributed by atoms with Crippen LogP contribution >= 0.6 is 0 Å². The van der Waals surface area contributed by atoms with Crippen molar-refractivity contribution in [3.8, 4) is 0 Å². The maximum Gasteiger partial charge on any atom is 0.483 e. The van der Waals surface area contributed by atoms with E-state index in [1.807, 2.05) is 0 Å². The van der Waals surface area contributed by atoms with Crippen molar-refractivity contribution in [1.29, 1.82) is 0 Å². The molecule has 0 aliphatic rings. The fourth-order valence-electron chi connectivity index (χ4n) is 2.20. The Labute approximate surface area is 135 Å². The molecule has 0 saturated carbocycles. The van der Waals surface area contributed by atoms with Crippen LogP contribution in [0.3, 0.4) is 0 Å². The summed E-state index contributed by atoms with van der Waals surface area (Å²) in [6.45, 7) is 4.57. The maximum atomic E-state index is 4.74. The smallest absolute Gasteiger partial charge is 0.379 e. The van der Waals surface area contributed by atoms with Crippen molar-refractivity contribution in [3.05, 3.63) is 0 Å². The van der Waals surface area contributed by atoms with Crippen LogP contribution in [0.25, 0.3) is 0 Å². The van der Waals surface area contributed by atoms with Gasteiger partial charge in [0.15, 0.2) is 0 Å². The lowest BCUT2D eigenvalue weighted by molar-refractivity contribution is 0.163. The van der Waals surface area contributed by atoms with Gasteiger partial charge in [0.2, 0.25) is 0 Å². The van der Waals surface area contributed by atoms with Crippen LogP contribution in [0.15, 0.2) is 0 Å². The molecule has 0 atom stereocenters. The topological polar surface area (TPSA) is 27.7 Å². The van der Waals surface area contributed by atoms with Crippen molar-refractivity contribution in [2.75, 3.05) is 21.3 Å². The lowest BCUT2D eigenvalue weighted by atomic mass is 10.1. The van der Waals surface area contributed by atoms with Crippen LogP contribution in [-0.4, -0.2) is 30.9 Å². The van der Waals surface area contributed by atoms with E-state index in [9.17, 15) is 0 Å². The molecule has 0 bridgehead atoms. The normalized spacial score (nSPS) is 10.6. The van der Waals surface area contributed by atoms with E-state index < -0.39 is 9.53 Å². The zero-order chi connectivity index (χ0) is 16.2. The fraction of sp³-hybridized carbons (Fsp3) is 1.00. The predicted molar refractivity (Wildman–Crippen MR) is 94.9 cm³/mol. The standard InChI is InChI=1S/C14H30.C3H10O3Si/c1-3-5-7-9-11-13-14-12-10-8-6-4-2;1-4-7(5-2)6-3/h3-14H2,1-2H3;7H,1-3H3. The van der Waals surface area contributed by atoms with E-state index in [2.05, 4.69) is 13.8 Å². The van der Waals surface area contributed by atoms with E-state index in [4.69, 9.17) is 13.3 Å². The Hall–Kier alpha value is 0.0969. The van der Waals surface area contributed by atoms with Crippen molar-refractivity contribution < 1.29 is 13.3 Å². The first kappa shape index (κ1) is 23.4. The molecule has 0 N–H and O–H groups in total. The lowest BCUT2D eigenvalue weighted by Crippen LogP contribution is -2.21. The molecule has 0 aliphatic heterocycles. The molecule has 0 aromatic heterocycles. The first-order valence-electron chi connectivity index (χ1n) is 8.85. The Morgan fingerprint density at radius 2 is 0.714 bits per heavy atom. The van der Waals surface area contributed by atoms with Crippen LogP contribution in [0, 0.1) is 0 Å². The van der Waals surface area contributed by atoms with Gasteiger partial charge in [0, 0.05) is 21.3 Å². The lowest BCUT2D eigenvalue weighted by Gasteiger charge is -2.05. The average Bonchev–Trinajstić information content (AvgIpc) is 2.52. The first-order valence-corrected chi connectivity index (χ1v) is 10.3. The molecule has 0 fully saturated rings. The summed E-state index contributed by atoms with van der Waals surface area (Å²) in [7, 11) is 3.05. The first-order chi connectivity index (χ1) is 10.3. The summed E-state index contributed by atoms with van der Waals surface area (Å²) in [5.74, 6) is 0. The van der Waals surface area contributed by atoms with Crippen molar-refractivity contribution in [1.82, 2.24) is 0 Å². The molecule has 0 rings (SSSR count). The van der Waals surface area contributed by atoms with Crippen molar-refractivity contribution in [3.63, 3.8) is 0 Å². The summed E-state index contributed by atoms with van der Waals surface area (Å²) in [6.07, 6.45) is 17.4. The van der Waals surface area contributed by atoms with Gasteiger partial charge in [-0.2, -0.15) is 0 Å². The zero-order valence-corrected chi connectivity index (χ0v) is 16.4. The molecule has 0 heterocycles. The molecule has 0 saturated heterocycles. The molecule has 0 unspecified atom stereocenters. The Kier molecular flexibility index (Phi) is 24.9. The molecular formula is C17H40O3Si. The Balaban J connectivity index is 0. The largest absolute Gasteiger partial charge is 0.483 e. The third-order valence-electron chi connectivity index (χ3n) is 3.53. The van der Waals surface area contributed by atoms with Crippen LogP contribution < -0.4 is 0 Å². The van der Waals surface area contributed by atoms with Gasteiger partial charge < -0.3 is 13.3 Å². The molecule has 130 valence electrons. The number of rotatable bonds is 14. The second kappa shape index (κ2) is 22.4. The number of unbranched alkanes of at least 4 members (excludes halogenated alkanes) is 11. The van der Waals surface area contributed by atoms with Crippen LogP contribution in [0.4, 0.5) is 0 Å². The Morgan fingerprint density at radius 1 is 0.476 bits per heavy atom. The molecule has 3 nitrogen and oxygen atoms in total. The van der Waals surface area contributed by atoms with Crippen molar-refractivity contribution in [2.24, 2.45) is 0 Å². The minimum Gasteiger partial charge on any atom is -0.379 e. The summed E-state index contributed by atoms with van der Waals surface area (Å²) in [5.41, 5.74) is 0. The molecule has 0 aromatic rings. The van der Waals surface area contributed by atoms with E-state index in [0.717, 1.165) is 0 Å². The highest BCUT2D eigenvalue weighted by Gasteiger charge is 2.04. The average molecular weight is 321 g/mol. The SMILES string of the molecule is CCCCCCCCCCCCCC.CO[SiH](OC)OC. The Morgan fingerprint density at radius 3 is 0.857 bits per heavy atom. The fourth-order valence-corrected chi connectivity index (χ4v) is 2.78. The van der Waals surface area contributed by atoms with Gasteiger partial charge >= 0.3 is 9.53 Å². The quantitative estimate of drug-likeness (QED) is 0.319. The van der Waals surface area contributed by atoms with Crippen LogP contribution in [0.5, 0.6) is 0 Å². The summed E-state index contributed by atoms with van der Waals surface area (Å²) < 4.78 is 14.2. The van der Waals surface area contributed by atoms with Crippen molar-refractivity contribution in [2.45, 2.75) is 90.9 Å². The van der Waals surface area contributed by atoms with Crippen molar-refractivity contribution >= 4 is 9.53 Å². The summed E-state index contributed by atoms with van der Waals surface area (Å²) in [6, 6.07) is 0. The molecule has 4 heteroatoms.